The van der Waals surface area contributed by atoms with Crippen LogP contribution in [-0.2, 0) is 16.0 Å². The maximum atomic E-state index is 13.6. The lowest BCUT2D eigenvalue weighted by molar-refractivity contribution is -0.274. The summed E-state index contributed by atoms with van der Waals surface area (Å²) in [5.41, 5.74) is 2.66. The number of hydrogen-bond acceptors (Lipinski definition) is 4. The highest BCUT2D eigenvalue weighted by Gasteiger charge is 2.30. The predicted molar refractivity (Wildman–Crippen MR) is 116 cm³/mol. The van der Waals surface area contributed by atoms with Crippen LogP contribution in [0.15, 0.2) is 71.7 Å². The van der Waals surface area contributed by atoms with Gasteiger partial charge in [0.2, 0.25) is 0 Å². The monoisotopic (exact) mass is 477 g/mol. The van der Waals surface area contributed by atoms with E-state index in [0.29, 0.717) is 17.7 Å². The van der Waals surface area contributed by atoms with Crippen LogP contribution in [0.1, 0.15) is 30.0 Å². The van der Waals surface area contributed by atoms with Gasteiger partial charge in [0.25, 0.3) is 0 Å². The first-order valence-corrected chi connectivity index (χ1v) is 10.2. The molecule has 0 radical (unpaired) electrons. The number of aliphatic imine (C=N–C) groups is 1. The van der Waals surface area contributed by atoms with E-state index in [1.165, 1.54) is 30.3 Å². The van der Waals surface area contributed by atoms with Crippen molar-refractivity contribution in [2.45, 2.75) is 26.1 Å². The molecule has 0 aromatic heterocycles. The maximum absolute atomic E-state index is 13.6. The van der Waals surface area contributed by atoms with E-state index in [-0.39, 0.29) is 24.5 Å². The lowest BCUT2D eigenvalue weighted by Crippen LogP contribution is -2.17. The van der Waals surface area contributed by atoms with E-state index < -0.39 is 24.0 Å². The van der Waals surface area contributed by atoms with Crippen LogP contribution < -0.4 is 4.74 Å². The molecule has 0 aliphatic heterocycles. The van der Waals surface area contributed by atoms with Gasteiger partial charge in [0, 0.05) is 6.07 Å². The number of rotatable bonds is 8. The molecular formula is C25H20F5NO3. The van der Waals surface area contributed by atoms with Crippen LogP contribution in [-0.4, -0.2) is 24.7 Å². The molecule has 34 heavy (non-hydrogen) atoms. The lowest BCUT2D eigenvalue weighted by Gasteiger charge is -2.10. The van der Waals surface area contributed by atoms with Gasteiger partial charge in [-0.25, -0.2) is 8.78 Å². The van der Waals surface area contributed by atoms with Gasteiger partial charge in [0.05, 0.1) is 24.4 Å². The van der Waals surface area contributed by atoms with Crippen molar-refractivity contribution < 1.29 is 36.2 Å². The molecule has 4 nitrogen and oxygen atoms in total. The van der Waals surface area contributed by atoms with Gasteiger partial charge < -0.3 is 9.47 Å². The van der Waals surface area contributed by atoms with E-state index in [4.69, 9.17) is 4.74 Å². The van der Waals surface area contributed by atoms with Gasteiger partial charge in [-0.05, 0) is 54.3 Å². The highest BCUT2D eigenvalue weighted by molar-refractivity contribution is 6.10. The first-order chi connectivity index (χ1) is 16.1. The van der Waals surface area contributed by atoms with Gasteiger partial charge in [0.15, 0.2) is 11.6 Å². The molecule has 0 amide bonds. The van der Waals surface area contributed by atoms with Crippen LogP contribution >= 0.6 is 0 Å². The molecular weight excluding hydrogens is 457 g/mol. The van der Waals surface area contributed by atoms with Crippen molar-refractivity contribution in [3.8, 4) is 5.75 Å². The van der Waals surface area contributed by atoms with E-state index in [1.54, 1.807) is 31.2 Å². The predicted octanol–water partition coefficient (Wildman–Crippen LogP) is 6.53. The second-order valence-corrected chi connectivity index (χ2v) is 7.20. The minimum atomic E-state index is -4.75. The van der Waals surface area contributed by atoms with E-state index >= 15 is 0 Å². The van der Waals surface area contributed by atoms with Crippen LogP contribution in [0, 0.1) is 11.6 Å². The molecule has 0 atom stereocenters. The maximum Gasteiger partial charge on any atom is 0.573 e. The van der Waals surface area contributed by atoms with Crippen molar-refractivity contribution in [2.75, 3.05) is 6.61 Å². The zero-order valence-corrected chi connectivity index (χ0v) is 18.0. The number of esters is 1. The fourth-order valence-corrected chi connectivity index (χ4v) is 3.12. The molecule has 3 aromatic carbocycles. The number of carbonyl (C=O) groups excluding carboxylic acids is 1. The molecule has 9 heteroatoms. The van der Waals surface area contributed by atoms with Gasteiger partial charge in [0.1, 0.15) is 5.75 Å². The topological polar surface area (TPSA) is 47.9 Å². The Balaban J connectivity index is 1.79. The zero-order chi connectivity index (χ0) is 24.7. The summed E-state index contributed by atoms with van der Waals surface area (Å²) in [4.78, 5) is 16.4. The minimum Gasteiger partial charge on any atom is -0.466 e. The summed E-state index contributed by atoms with van der Waals surface area (Å²) >= 11 is 0. The summed E-state index contributed by atoms with van der Waals surface area (Å²) in [5.74, 6) is -2.88. The molecule has 3 rings (SSSR count). The number of carbonyl (C=O) groups is 1. The molecule has 0 heterocycles. The average Bonchev–Trinajstić information content (AvgIpc) is 2.77. The van der Waals surface area contributed by atoms with E-state index in [2.05, 4.69) is 9.73 Å². The van der Waals surface area contributed by atoms with E-state index in [0.717, 1.165) is 23.3 Å². The SMILES string of the molecule is CCOC(=O)CC(=Nc1ccc(F)c(F)c1)c1ccc(Cc2ccc(OC(F)(F)F)cc2)cc1. The first-order valence-electron chi connectivity index (χ1n) is 10.2. The van der Waals surface area contributed by atoms with Gasteiger partial charge in [-0.15, -0.1) is 13.2 Å². The van der Waals surface area contributed by atoms with Crippen molar-refractivity contribution in [2.24, 2.45) is 4.99 Å². The average molecular weight is 477 g/mol. The Kier molecular flexibility index (Phi) is 7.99. The molecule has 0 aliphatic carbocycles. The quantitative estimate of drug-likeness (QED) is 0.211. The molecule has 0 fully saturated rings. The highest BCUT2D eigenvalue weighted by Crippen LogP contribution is 2.24. The van der Waals surface area contributed by atoms with Crippen LogP contribution in [0.3, 0.4) is 0 Å². The molecule has 0 bridgehead atoms. The number of nitrogens with zero attached hydrogens (tertiary/aromatic N) is 1. The normalized spacial score (nSPS) is 11.9. The minimum absolute atomic E-state index is 0.142. The van der Waals surface area contributed by atoms with E-state index in [1.807, 2.05) is 0 Å². The summed E-state index contributed by atoms with van der Waals surface area (Å²) in [7, 11) is 0. The molecule has 0 N–H and O–H groups in total. The Bertz CT molecular complexity index is 1160. The summed E-state index contributed by atoms with van der Waals surface area (Å²) in [6, 6.07) is 15.7. The van der Waals surface area contributed by atoms with E-state index in [9.17, 15) is 26.7 Å². The number of ether oxygens (including phenoxy) is 2. The third-order valence-corrected chi connectivity index (χ3v) is 4.64. The largest absolute Gasteiger partial charge is 0.573 e. The van der Waals surface area contributed by atoms with Crippen LogP contribution in [0.25, 0.3) is 0 Å². The Morgan fingerprint density at radius 3 is 2.06 bits per heavy atom. The molecule has 3 aromatic rings. The van der Waals surface area contributed by atoms with Crippen molar-refractivity contribution in [1.29, 1.82) is 0 Å². The number of hydrogen-bond donors (Lipinski definition) is 0. The molecule has 0 saturated carbocycles. The number of halogens is 5. The standard InChI is InChI=1S/C25H20F5NO3/c1-2-33-24(32)15-23(31-19-9-12-21(26)22(27)14-19)18-7-3-16(4-8-18)13-17-5-10-20(11-6-17)34-25(28,29)30/h3-12,14H,2,13,15H2,1H3. The smallest absolute Gasteiger partial charge is 0.466 e. The zero-order valence-electron chi connectivity index (χ0n) is 18.0. The number of benzene rings is 3. The lowest BCUT2D eigenvalue weighted by atomic mass is 10.0. The second-order valence-electron chi connectivity index (χ2n) is 7.20. The summed E-state index contributed by atoms with van der Waals surface area (Å²) in [6.07, 6.45) is -4.48. The summed E-state index contributed by atoms with van der Waals surface area (Å²) in [6.45, 7) is 1.85. The van der Waals surface area contributed by atoms with Gasteiger partial charge in [-0.3, -0.25) is 9.79 Å². The third kappa shape index (κ3) is 7.40. The number of alkyl halides is 3. The summed E-state index contributed by atoms with van der Waals surface area (Å²) in [5, 5.41) is 0. The Labute approximate surface area is 192 Å². The molecule has 178 valence electrons. The van der Waals surface area contributed by atoms with Gasteiger partial charge >= 0.3 is 12.3 Å². The highest BCUT2D eigenvalue weighted by atomic mass is 19.4. The first kappa shape index (κ1) is 24.9. The molecule has 0 aliphatic rings. The summed E-state index contributed by atoms with van der Waals surface area (Å²) < 4.78 is 72.5. The van der Waals surface area contributed by atoms with Gasteiger partial charge in [-0.2, -0.15) is 0 Å². The van der Waals surface area contributed by atoms with Crippen LogP contribution in [0.4, 0.5) is 27.6 Å². The Morgan fingerprint density at radius 1 is 0.882 bits per heavy atom. The van der Waals surface area contributed by atoms with Crippen molar-refractivity contribution in [3.05, 3.63) is 95.1 Å². The Hall–Kier alpha value is -3.75. The fraction of sp³-hybridized carbons (Fsp3) is 0.200. The van der Waals surface area contributed by atoms with Crippen molar-refractivity contribution in [3.63, 3.8) is 0 Å². The fourth-order valence-electron chi connectivity index (χ4n) is 3.12. The van der Waals surface area contributed by atoms with Gasteiger partial charge in [-0.1, -0.05) is 36.4 Å². The van der Waals surface area contributed by atoms with Crippen molar-refractivity contribution >= 4 is 17.4 Å². The molecule has 0 spiro atoms. The van der Waals surface area contributed by atoms with Crippen LogP contribution in [0.2, 0.25) is 0 Å². The van der Waals surface area contributed by atoms with Crippen LogP contribution in [0.5, 0.6) is 5.75 Å². The van der Waals surface area contributed by atoms with Crippen molar-refractivity contribution in [1.82, 2.24) is 0 Å². The molecule has 0 saturated heterocycles. The third-order valence-electron chi connectivity index (χ3n) is 4.64. The Morgan fingerprint density at radius 2 is 1.50 bits per heavy atom. The molecule has 0 unspecified atom stereocenters. The second kappa shape index (κ2) is 10.9.